The van der Waals surface area contributed by atoms with Crippen molar-refractivity contribution in [3.8, 4) is 0 Å². The molecule has 4 nitrogen and oxygen atoms in total. The first kappa shape index (κ1) is 19.4. The zero-order chi connectivity index (χ0) is 18.7. The number of halogens is 3. The van der Waals surface area contributed by atoms with Crippen molar-refractivity contribution >= 4 is 17.7 Å². The molecule has 0 radical (unpaired) electrons. The topological polar surface area (TPSA) is 62.5 Å². The van der Waals surface area contributed by atoms with E-state index in [-0.39, 0.29) is 0 Å². The second-order valence-corrected chi connectivity index (χ2v) is 6.45. The van der Waals surface area contributed by atoms with Gasteiger partial charge >= 0.3 is 6.18 Å². The molecule has 1 heterocycles. The Kier molecular flexibility index (Phi) is 5.84. The minimum atomic E-state index is -5.05. The molecule has 2 aromatic rings. The second kappa shape index (κ2) is 7.53. The monoisotopic (exact) mass is 373 g/mol. The number of carbonyl (C=O) groups is 1. The number of aliphatic hydroxyl groups is 1. The van der Waals surface area contributed by atoms with Crippen LogP contribution >= 0.6 is 11.8 Å². The lowest BCUT2D eigenvalue weighted by Gasteiger charge is -2.28. The van der Waals surface area contributed by atoms with Crippen LogP contribution < -0.4 is 5.32 Å². The summed E-state index contributed by atoms with van der Waals surface area (Å²) in [5.74, 6) is -1.65. The average Bonchev–Trinajstić information content (AvgIpc) is 3.08. The molecule has 0 unspecified atom stereocenters. The first-order valence-electron chi connectivity index (χ1n) is 7.44. The van der Waals surface area contributed by atoms with E-state index >= 15 is 0 Å². The quantitative estimate of drug-likeness (QED) is 0.751. The van der Waals surface area contributed by atoms with E-state index in [1.54, 1.807) is 30.8 Å². The normalized spacial score (nSPS) is 15.4. The highest BCUT2D eigenvalue weighted by Gasteiger charge is 2.58. The molecule has 2 atom stereocenters. The smallest absolute Gasteiger partial charge is 0.425 e. The molecule has 2 N–H and O–H groups in total. The van der Waals surface area contributed by atoms with Crippen LogP contribution in [0.15, 0.2) is 52.0 Å². The van der Waals surface area contributed by atoms with Crippen LogP contribution in [0.4, 0.5) is 13.2 Å². The summed E-state index contributed by atoms with van der Waals surface area (Å²) < 4.78 is 44.5. The number of nitrogens with one attached hydrogen (secondary N) is 1. The van der Waals surface area contributed by atoms with Crippen molar-refractivity contribution in [3.63, 3.8) is 0 Å². The highest BCUT2D eigenvalue weighted by atomic mass is 32.2. The summed E-state index contributed by atoms with van der Waals surface area (Å²) in [6, 6.07) is 9.01. The maximum absolute atomic E-state index is 13.3. The van der Waals surface area contributed by atoms with Gasteiger partial charge in [-0.05, 0) is 43.0 Å². The zero-order valence-corrected chi connectivity index (χ0v) is 14.4. The molecule has 0 aliphatic rings. The maximum Gasteiger partial charge on any atom is 0.425 e. The number of alkyl halides is 3. The third-order valence-corrected chi connectivity index (χ3v) is 4.55. The lowest BCUT2D eigenvalue weighted by atomic mass is 9.95. The average molecular weight is 373 g/mol. The van der Waals surface area contributed by atoms with Crippen molar-refractivity contribution < 1.29 is 27.5 Å². The Labute approximate surface area is 147 Å². The van der Waals surface area contributed by atoms with Gasteiger partial charge in [-0.1, -0.05) is 12.1 Å². The minimum absolute atomic E-state index is 0.502. The summed E-state index contributed by atoms with van der Waals surface area (Å²) >= 11 is 1.56. The van der Waals surface area contributed by atoms with Crippen LogP contribution in [0.3, 0.4) is 0 Å². The number of rotatable bonds is 6. The van der Waals surface area contributed by atoms with E-state index in [4.69, 9.17) is 0 Å². The van der Waals surface area contributed by atoms with Crippen molar-refractivity contribution in [2.75, 3.05) is 6.26 Å². The van der Waals surface area contributed by atoms with Gasteiger partial charge in [-0.2, -0.15) is 13.2 Å². The molecule has 0 spiro atoms. The van der Waals surface area contributed by atoms with Gasteiger partial charge in [0.05, 0.1) is 18.7 Å². The SMILES string of the molecule is CSc1ccc([C@@H](C)NC(=O)C[C@](O)(c2ccco2)C(F)(F)F)cc1. The molecule has 0 saturated heterocycles. The predicted octanol–water partition coefficient (Wildman–Crippen LogP) is 4.02. The summed E-state index contributed by atoms with van der Waals surface area (Å²) in [6.45, 7) is 1.66. The largest absolute Gasteiger partial charge is 0.466 e. The fraction of sp³-hybridized carbons (Fsp3) is 0.353. The molecule has 0 aliphatic heterocycles. The highest BCUT2D eigenvalue weighted by molar-refractivity contribution is 7.98. The number of furan rings is 1. The van der Waals surface area contributed by atoms with Gasteiger partial charge in [-0.25, -0.2) is 0 Å². The van der Waals surface area contributed by atoms with E-state index in [1.807, 2.05) is 18.4 Å². The van der Waals surface area contributed by atoms with Crippen molar-refractivity contribution in [3.05, 3.63) is 54.0 Å². The molecule has 8 heteroatoms. The molecule has 136 valence electrons. The van der Waals surface area contributed by atoms with Crippen LogP contribution in [-0.2, 0) is 10.4 Å². The standard InChI is InChI=1S/C17H18F3NO3S/c1-11(12-5-7-13(25-2)8-6-12)21-15(22)10-16(23,17(18,19)20)14-4-3-9-24-14/h3-9,11,23H,10H2,1-2H3,(H,21,22)/t11-,16+/m1/s1. The van der Waals surface area contributed by atoms with E-state index in [1.165, 1.54) is 6.07 Å². The summed E-state index contributed by atoms with van der Waals surface area (Å²) in [5, 5.41) is 12.5. The highest BCUT2D eigenvalue weighted by Crippen LogP contribution is 2.41. The first-order chi connectivity index (χ1) is 11.7. The molecule has 0 fully saturated rings. The Morgan fingerprint density at radius 3 is 2.40 bits per heavy atom. The van der Waals surface area contributed by atoms with Crippen LogP contribution in [0.25, 0.3) is 0 Å². The van der Waals surface area contributed by atoms with E-state index in [2.05, 4.69) is 9.73 Å². The summed E-state index contributed by atoms with van der Waals surface area (Å²) in [4.78, 5) is 13.1. The third-order valence-electron chi connectivity index (χ3n) is 3.81. The molecule has 0 bridgehead atoms. The molecule has 1 aromatic carbocycles. The fourth-order valence-electron chi connectivity index (χ4n) is 2.34. The molecule has 1 aromatic heterocycles. The fourth-order valence-corrected chi connectivity index (χ4v) is 2.75. The van der Waals surface area contributed by atoms with Gasteiger partial charge < -0.3 is 14.8 Å². The van der Waals surface area contributed by atoms with Crippen LogP contribution in [0.2, 0.25) is 0 Å². The van der Waals surface area contributed by atoms with Crippen LogP contribution in [0, 0.1) is 0 Å². The summed E-state index contributed by atoms with van der Waals surface area (Å²) in [5.41, 5.74) is -2.62. The summed E-state index contributed by atoms with van der Waals surface area (Å²) in [6.07, 6.45) is -3.30. The van der Waals surface area contributed by atoms with Crippen LogP contribution in [0.5, 0.6) is 0 Å². The Bertz CT molecular complexity index is 701. The second-order valence-electron chi connectivity index (χ2n) is 5.57. The van der Waals surface area contributed by atoms with Crippen molar-refractivity contribution in [2.24, 2.45) is 0 Å². The van der Waals surface area contributed by atoms with Crippen LogP contribution in [-0.4, -0.2) is 23.4 Å². The Morgan fingerprint density at radius 1 is 1.28 bits per heavy atom. The molecule has 25 heavy (non-hydrogen) atoms. The zero-order valence-electron chi connectivity index (χ0n) is 13.6. The van der Waals surface area contributed by atoms with Crippen molar-refractivity contribution in [1.29, 1.82) is 0 Å². The summed E-state index contributed by atoms with van der Waals surface area (Å²) in [7, 11) is 0. The van der Waals surface area contributed by atoms with E-state index in [0.717, 1.165) is 22.8 Å². The molecule has 0 saturated carbocycles. The first-order valence-corrected chi connectivity index (χ1v) is 8.66. The third kappa shape index (κ3) is 4.38. The molecule has 0 aliphatic carbocycles. The van der Waals surface area contributed by atoms with E-state index in [0.29, 0.717) is 0 Å². The van der Waals surface area contributed by atoms with Crippen molar-refractivity contribution in [1.82, 2.24) is 5.32 Å². The van der Waals surface area contributed by atoms with Crippen LogP contribution in [0.1, 0.15) is 30.7 Å². The van der Waals surface area contributed by atoms with Crippen molar-refractivity contribution in [2.45, 2.75) is 36.1 Å². The minimum Gasteiger partial charge on any atom is -0.466 e. The number of carbonyl (C=O) groups excluding carboxylic acids is 1. The lowest BCUT2D eigenvalue weighted by Crippen LogP contribution is -2.46. The van der Waals surface area contributed by atoms with Gasteiger partial charge in [-0.15, -0.1) is 11.8 Å². The van der Waals surface area contributed by atoms with Gasteiger partial charge in [0.25, 0.3) is 0 Å². The predicted molar refractivity (Wildman–Crippen MR) is 88.1 cm³/mol. The Balaban J connectivity index is 2.11. The van der Waals surface area contributed by atoms with E-state index in [9.17, 15) is 23.1 Å². The molecule has 1 amide bonds. The number of benzene rings is 1. The number of amides is 1. The van der Waals surface area contributed by atoms with Gasteiger partial charge in [0, 0.05) is 4.90 Å². The molecular formula is C17H18F3NO3S. The number of hydrogen-bond donors (Lipinski definition) is 2. The molecule has 2 rings (SSSR count). The van der Waals surface area contributed by atoms with Gasteiger partial charge in [0.1, 0.15) is 5.76 Å². The number of hydrogen-bond acceptors (Lipinski definition) is 4. The van der Waals surface area contributed by atoms with Gasteiger partial charge in [-0.3, -0.25) is 4.79 Å². The number of thioether (sulfide) groups is 1. The maximum atomic E-state index is 13.3. The Morgan fingerprint density at radius 2 is 1.92 bits per heavy atom. The van der Waals surface area contributed by atoms with Gasteiger partial charge in [0.15, 0.2) is 0 Å². The Hall–Kier alpha value is -1.93. The molecular weight excluding hydrogens is 355 g/mol. The van der Waals surface area contributed by atoms with Gasteiger partial charge in [0.2, 0.25) is 11.5 Å². The lowest BCUT2D eigenvalue weighted by molar-refractivity contribution is -0.273. The van der Waals surface area contributed by atoms with E-state index < -0.39 is 35.9 Å².